The summed E-state index contributed by atoms with van der Waals surface area (Å²) >= 11 is 1.57. The number of hydrogen-bond acceptors (Lipinski definition) is 6. The lowest BCUT2D eigenvalue weighted by molar-refractivity contribution is -0.142. The van der Waals surface area contributed by atoms with Crippen molar-refractivity contribution in [1.29, 1.82) is 0 Å². The smallest absolute Gasteiger partial charge is 0.323 e. The number of rotatable bonds is 5. The van der Waals surface area contributed by atoms with Gasteiger partial charge in [-0.3, -0.25) is 4.79 Å². The highest BCUT2D eigenvalue weighted by Gasteiger charge is 2.18. The Morgan fingerprint density at radius 1 is 1.42 bits per heavy atom. The molecule has 1 aromatic carbocycles. The number of carbonyl (C=O) groups is 1. The monoisotopic (exact) mass is 283 g/mol. The van der Waals surface area contributed by atoms with Gasteiger partial charge in [-0.05, 0) is 25.2 Å². The van der Waals surface area contributed by atoms with Crippen molar-refractivity contribution in [3.8, 4) is 11.5 Å². The standard InChI is InChI=1S/C13H17NO4S/c1-14-10(13(15)16-2)8-19-9-3-4-11-12(7-9)18-6-5-17-11/h3-4,7,10,14H,5-6,8H2,1-2H3. The third kappa shape index (κ3) is 3.54. The molecule has 0 bridgehead atoms. The predicted molar refractivity (Wildman–Crippen MR) is 73.0 cm³/mol. The third-order valence-corrected chi connectivity index (χ3v) is 3.85. The van der Waals surface area contributed by atoms with Crippen molar-refractivity contribution >= 4 is 17.7 Å². The van der Waals surface area contributed by atoms with Gasteiger partial charge in [-0.25, -0.2) is 0 Å². The van der Waals surface area contributed by atoms with Gasteiger partial charge in [0.25, 0.3) is 0 Å². The number of ether oxygens (including phenoxy) is 3. The number of carbonyl (C=O) groups excluding carboxylic acids is 1. The normalized spacial score (nSPS) is 14.8. The topological polar surface area (TPSA) is 56.8 Å². The molecule has 104 valence electrons. The molecule has 1 atom stereocenters. The van der Waals surface area contributed by atoms with Crippen LogP contribution in [0.4, 0.5) is 0 Å². The summed E-state index contributed by atoms with van der Waals surface area (Å²) in [6, 6.07) is 5.47. The van der Waals surface area contributed by atoms with E-state index in [-0.39, 0.29) is 12.0 Å². The largest absolute Gasteiger partial charge is 0.486 e. The minimum Gasteiger partial charge on any atom is -0.486 e. The molecule has 1 aliphatic rings. The van der Waals surface area contributed by atoms with Gasteiger partial charge in [0.05, 0.1) is 7.11 Å². The van der Waals surface area contributed by atoms with E-state index in [1.165, 1.54) is 7.11 Å². The van der Waals surface area contributed by atoms with Gasteiger partial charge in [0.1, 0.15) is 19.3 Å². The molecule has 1 N–H and O–H groups in total. The summed E-state index contributed by atoms with van der Waals surface area (Å²) in [7, 11) is 3.13. The van der Waals surface area contributed by atoms with Gasteiger partial charge in [0, 0.05) is 10.6 Å². The molecular formula is C13H17NO4S. The van der Waals surface area contributed by atoms with Crippen molar-refractivity contribution in [3.05, 3.63) is 18.2 Å². The Morgan fingerprint density at radius 2 is 2.16 bits per heavy atom. The van der Waals surface area contributed by atoms with Crippen LogP contribution in [0.2, 0.25) is 0 Å². The fraction of sp³-hybridized carbons (Fsp3) is 0.462. The third-order valence-electron chi connectivity index (χ3n) is 2.76. The van der Waals surface area contributed by atoms with E-state index in [2.05, 4.69) is 5.32 Å². The van der Waals surface area contributed by atoms with Crippen LogP contribution in [0.1, 0.15) is 0 Å². The van der Waals surface area contributed by atoms with Gasteiger partial charge in [-0.2, -0.15) is 0 Å². The zero-order valence-corrected chi connectivity index (χ0v) is 11.8. The van der Waals surface area contributed by atoms with E-state index in [1.807, 2.05) is 18.2 Å². The van der Waals surface area contributed by atoms with Crippen LogP contribution >= 0.6 is 11.8 Å². The van der Waals surface area contributed by atoms with Crippen molar-refractivity contribution in [2.45, 2.75) is 10.9 Å². The van der Waals surface area contributed by atoms with Crippen molar-refractivity contribution in [3.63, 3.8) is 0 Å². The molecule has 6 heteroatoms. The molecule has 0 radical (unpaired) electrons. The van der Waals surface area contributed by atoms with Gasteiger partial charge in [0.15, 0.2) is 11.5 Å². The predicted octanol–water partition coefficient (Wildman–Crippen LogP) is 1.31. The van der Waals surface area contributed by atoms with Crippen LogP contribution in [0, 0.1) is 0 Å². The maximum absolute atomic E-state index is 11.5. The molecule has 0 saturated heterocycles. The van der Waals surface area contributed by atoms with Crippen molar-refractivity contribution in [1.82, 2.24) is 5.32 Å². The molecule has 0 spiro atoms. The fourth-order valence-electron chi connectivity index (χ4n) is 1.70. The Kier molecular flexibility index (Phi) is 4.93. The van der Waals surface area contributed by atoms with E-state index in [0.29, 0.717) is 19.0 Å². The molecule has 5 nitrogen and oxygen atoms in total. The molecule has 1 heterocycles. The maximum atomic E-state index is 11.5. The second kappa shape index (κ2) is 6.68. The lowest BCUT2D eigenvalue weighted by Crippen LogP contribution is -2.37. The molecule has 19 heavy (non-hydrogen) atoms. The number of methoxy groups -OCH3 is 1. The second-order valence-corrected chi connectivity index (χ2v) is 5.07. The Morgan fingerprint density at radius 3 is 2.84 bits per heavy atom. The zero-order valence-electron chi connectivity index (χ0n) is 11.0. The van der Waals surface area contributed by atoms with Crippen molar-refractivity contribution < 1.29 is 19.0 Å². The lowest BCUT2D eigenvalue weighted by atomic mass is 10.3. The van der Waals surface area contributed by atoms with Crippen molar-refractivity contribution in [2.24, 2.45) is 0 Å². The summed E-state index contributed by atoms with van der Waals surface area (Å²) in [4.78, 5) is 12.5. The Labute approximate surface area is 116 Å². The van der Waals surface area contributed by atoms with Crippen LogP contribution in [-0.2, 0) is 9.53 Å². The van der Waals surface area contributed by atoms with Crippen LogP contribution < -0.4 is 14.8 Å². The molecule has 1 aromatic rings. The van der Waals surface area contributed by atoms with E-state index in [1.54, 1.807) is 18.8 Å². The Bertz CT molecular complexity index is 452. The minimum absolute atomic E-state index is 0.257. The summed E-state index contributed by atoms with van der Waals surface area (Å²) < 4.78 is 15.7. The van der Waals surface area contributed by atoms with Gasteiger partial charge in [-0.15, -0.1) is 11.8 Å². The summed E-state index contributed by atoms with van der Waals surface area (Å²) in [6.45, 7) is 1.16. The summed E-state index contributed by atoms with van der Waals surface area (Å²) in [5.74, 6) is 1.87. The molecule has 0 aliphatic carbocycles. The van der Waals surface area contributed by atoms with E-state index in [9.17, 15) is 4.79 Å². The quantitative estimate of drug-likeness (QED) is 0.649. The maximum Gasteiger partial charge on any atom is 0.323 e. The van der Waals surface area contributed by atoms with Crippen LogP contribution in [0.5, 0.6) is 11.5 Å². The number of benzene rings is 1. The fourth-order valence-corrected chi connectivity index (χ4v) is 2.72. The second-order valence-electron chi connectivity index (χ2n) is 3.98. The first-order valence-electron chi connectivity index (χ1n) is 6.02. The van der Waals surface area contributed by atoms with E-state index >= 15 is 0 Å². The molecule has 0 fully saturated rings. The van der Waals surface area contributed by atoms with Crippen LogP contribution in [0.3, 0.4) is 0 Å². The van der Waals surface area contributed by atoms with Gasteiger partial charge in [-0.1, -0.05) is 0 Å². The number of likely N-dealkylation sites (N-methyl/N-ethyl adjacent to an activating group) is 1. The number of fused-ring (bicyclic) bond motifs is 1. The number of hydrogen-bond donors (Lipinski definition) is 1. The first-order chi connectivity index (χ1) is 9.24. The van der Waals surface area contributed by atoms with Crippen molar-refractivity contribution in [2.75, 3.05) is 33.1 Å². The zero-order chi connectivity index (χ0) is 13.7. The average Bonchev–Trinajstić information content (AvgIpc) is 2.47. The van der Waals surface area contributed by atoms with Crippen LogP contribution in [0.15, 0.2) is 23.1 Å². The van der Waals surface area contributed by atoms with E-state index < -0.39 is 0 Å². The molecule has 0 aromatic heterocycles. The average molecular weight is 283 g/mol. The molecule has 1 aliphatic heterocycles. The summed E-state index contributed by atoms with van der Waals surface area (Å²) in [5, 5.41) is 2.93. The highest BCUT2D eigenvalue weighted by molar-refractivity contribution is 7.99. The first-order valence-corrected chi connectivity index (χ1v) is 7.00. The van der Waals surface area contributed by atoms with Crippen LogP contribution in [-0.4, -0.2) is 45.1 Å². The number of esters is 1. The van der Waals surface area contributed by atoms with Gasteiger partial charge >= 0.3 is 5.97 Å². The van der Waals surface area contributed by atoms with Crippen LogP contribution in [0.25, 0.3) is 0 Å². The lowest BCUT2D eigenvalue weighted by Gasteiger charge is -2.19. The Hall–Kier alpha value is -1.40. The SMILES string of the molecule is CNC(CSc1ccc2c(c1)OCCO2)C(=O)OC. The molecule has 0 amide bonds. The number of nitrogens with one attached hydrogen (secondary N) is 1. The van der Waals surface area contributed by atoms with E-state index in [4.69, 9.17) is 14.2 Å². The Balaban J connectivity index is 1.97. The molecular weight excluding hydrogens is 266 g/mol. The first kappa shape index (κ1) is 14.0. The van der Waals surface area contributed by atoms with E-state index in [0.717, 1.165) is 16.4 Å². The highest BCUT2D eigenvalue weighted by atomic mass is 32.2. The number of thioether (sulfide) groups is 1. The highest BCUT2D eigenvalue weighted by Crippen LogP contribution is 2.34. The van der Waals surface area contributed by atoms with Gasteiger partial charge in [0.2, 0.25) is 0 Å². The molecule has 2 rings (SSSR count). The molecule has 1 unspecified atom stereocenters. The summed E-state index contributed by atoms with van der Waals surface area (Å²) in [6.07, 6.45) is 0. The minimum atomic E-state index is -0.316. The molecule has 0 saturated carbocycles. The van der Waals surface area contributed by atoms with Gasteiger partial charge < -0.3 is 19.5 Å². The summed E-state index contributed by atoms with van der Waals surface area (Å²) in [5.41, 5.74) is 0.